The van der Waals surface area contributed by atoms with Gasteiger partial charge in [-0.05, 0) is 45.0 Å². The molecule has 1 N–H and O–H groups in total. The van der Waals surface area contributed by atoms with E-state index in [2.05, 4.69) is 30.2 Å². The predicted molar refractivity (Wildman–Crippen MR) is 96.7 cm³/mol. The third kappa shape index (κ3) is 3.75. The van der Waals surface area contributed by atoms with Gasteiger partial charge >= 0.3 is 0 Å². The van der Waals surface area contributed by atoms with Gasteiger partial charge in [-0.2, -0.15) is 0 Å². The summed E-state index contributed by atoms with van der Waals surface area (Å²) in [5.41, 5.74) is 0.794. The SMILES string of the molecule is C[C@H](Cn1ccnc1-c1cn(C2CCNCC2)nn1)Oc1cccnc1. The number of aromatic nitrogens is 6. The van der Waals surface area contributed by atoms with Crippen molar-refractivity contribution in [2.24, 2.45) is 0 Å². The Labute approximate surface area is 152 Å². The second-order valence-electron chi connectivity index (χ2n) is 6.59. The first-order valence-corrected chi connectivity index (χ1v) is 9.00. The Hall–Kier alpha value is -2.74. The summed E-state index contributed by atoms with van der Waals surface area (Å²) < 4.78 is 9.95. The van der Waals surface area contributed by atoms with Crippen LogP contribution in [-0.2, 0) is 6.54 Å². The molecule has 1 aliphatic heterocycles. The van der Waals surface area contributed by atoms with Gasteiger partial charge in [0.25, 0.3) is 0 Å². The molecule has 8 heteroatoms. The quantitative estimate of drug-likeness (QED) is 0.729. The fraction of sp³-hybridized carbons (Fsp3) is 0.444. The minimum Gasteiger partial charge on any atom is -0.487 e. The highest BCUT2D eigenvalue weighted by atomic mass is 16.5. The molecule has 0 radical (unpaired) electrons. The van der Waals surface area contributed by atoms with Gasteiger partial charge in [0.1, 0.15) is 17.5 Å². The number of imidazole rings is 1. The maximum Gasteiger partial charge on any atom is 0.162 e. The molecular weight excluding hydrogens is 330 g/mol. The normalized spacial score (nSPS) is 16.5. The second-order valence-corrected chi connectivity index (χ2v) is 6.59. The Balaban J connectivity index is 1.46. The van der Waals surface area contributed by atoms with Crippen LogP contribution in [0, 0.1) is 0 Å². The van der Waals surface area contributed by atoms with E-state index in [9.17, 15) is 0 Å². The van der Waals surface area contributed by atoms with Crippen molar-refractivity contribution in [1.29, 1.82) is 0 Å². The van der Waals surface area contributed by atoms with Crippen molar-refractivity contribution in [2.75, 3.05) is 13.1 Å². The lowest BCUT2D eigenvalue weighted by Gasteiger charge is -2.22. The number of nitrogens with one attached hydrogen (secondary N) is 1. The summed E-state index contributed by atoms with van der Waals surface area (Å²) in [5.74, 6) is 1.57. The van der Waals surface area contributed by atoms with Crippen LogP contribution >= 0.6 is 0 Å². The van der Waals surface area contributed by atoms with Gasteiger partial charge in [0.2, 0.25) is 0 Å². The van der Waals surface area contributed by atoms with Gasteiger partial charge in [-0.1, -0.05) is 5.21 Å². The summed E-state index contributed by atoms with van der Waals surface area (Å²) in [4.78, 5) is 8.55. The lowest BCUT2D eigenvalue weighted by atomic mass is 10.1. The number of rotatable bonds is 6. The minimum atomic E-state index is -0.0217. The topological polar surface area (TPSA) is 82.7 Å². The van der Waals surface area contributed by atoms with Crippen LogP contribution < -0.4 is 10.1 Å². The first kappa shape index (κ1) is 16.7. The minimum absolute atomic E-state index is 0.0217. The zero-order valence-electron chi connectivity index (χ0n) is 14.8. The molecule has 1 fully saturated rings. The molecule has 0 spiro atoms. The van der Waals surface area contributed by atoms with Gasteiger partial charge in [-0.25, -0.2) is 9.67 Å². The summed E-state index contributed by atoms with van der Waals surface area (Å²) in [6, 6.07) is 4.18. The van der Waals surface area contributed by atoms with Crippen molar-refractivity contribution in [3.63, 3.8) is 0 Å². The standard InChI is InChI=1S/C18H23N7O/c1-14(26-16-3-2-6-20-11-16)12-24-10-9-21-18(24)17-13-25(23-22-17)15-4-7-19-8-5-15/h2-3,6,9-11,13-15,19H,4-5,7-8,12H2,1H3/t14-/m1/s1. The Bertz CT molecular complexity index is 823. The summed E-state index contributed by atoms with van der Waals surface area (Å²) in [6.07, 6.45) is 11.3. The van der Waals surface area contributed by atoms with E-state index >= 15 is 0 Å². The molecule has 0 saturated carbocycles. The summed E-state index contributed by atoms with van der Waals surface area (Å²) in [5, 5.41) is 12.0. The number of hydrogen-bond donors (Lipinski definition) is 1. The number of hydrogen-bond acceptors (Lipinski definition) is 6. The Kier molecular flexibility index (Phi) is 4.92. The van der Waals surface area contributed by atoms with E-state index in [0.29, 0.717) is 12.6 Å². The molecule has 0 aliphatic carbocycles. The van der Waals surface area contributed by atoms with E-state index < -0.39 is 0 Å². The molecule has 1 saturated heterocycles. The molecule has 8 nitrogen and oxygen atoms in total. The monoisotopic (exact) mass is 353 g/mol. The van der Waals surface area contributed by atoms with Gasteiger partial charge in [0.15, 0.2) is 5.82 Å². The first-order chi connectivity index (χ1) is 12.8. The van der Waals surface area contributed by atoms with E-state index in [4.69, 9.17) is 4.74 Å². The fourth-order valence-corrected chi connectivity index (χ4v) is 3.28. The van der Waals surface area contributed by atoms with Gasteiger partial charge in [0, 0.05) is 18.6 Å². The highest BCUT2D eigenvalue weighted by Crippen LogP contribution is 2.21. The third-order valence-corrected chi connectivity index (χ3v) is 4.56. The van der Waals surface area contributed by atoms with Crippen molar-refractivity contribution in [1.82, 2.24) is 34.8 Å². The number of pyridine rings is 1. The van der Waals surface area contributed by atoms with Gasteiger partial charge in [-0.15, -0.1) is 5.10 Å². The average Bonchev–Trinajstić information content (AvgIpc) is 3.32. The van der Waals surface area contributed by atoms with Crippen LogP contribution in [0.15, 0.2) is 43.1 Å². The lowest BCUT2D eigenvalue weighted by Crippen LogP contribution is -2.29. The highest BCUT2D eigenvalue weighted by molar-refractivity contribution is 5.47. The van der Waals surface area contributed by atoms with Gasteiger partial charge in [0.05, 0.1) is 25.0 Å². The molecule has 4 heterocycles. The Morgan fingerprint density at radius 2 is 2.19 bits per heavy atom. The molecule has 3 aromatic rings. The molecule has 1 aliphatic rings. The maximum absolute atomic E-state index is 5.92. The van der Waals surface area contributed by atoms with Crippen molar-refractivity contribution < 1.29 is 4.74 Å². The van der Waals surface area contributed by atoms with Crippen LogP contribution in [0.4, 0.5) is 0 Å². The van der Waals surface area contributed by atoms with Crippen molar-refractivity contribution >= 4 is 0 Å². The van der Waals surface area contributed by atoms with Crippen LogP contribution in [0.5, 0.6) is 5.75 Å². The third-order valence-electron chi connectivity index (χ3n) is 4.56. The van der Waals surface area contributed by atoms with Crippen molar-refractivity contribution in [3.05, 3.63) is 43.1 Å². The fourth-order valence-electron chi connectivity index (χ4n) is 3.28. The molecule has 136 valence electrons. The van der Waals surface area contributed by atoms with Crippen LogP contribution in [0.1, 0.15) is 25.8 Å². The molecule has 0 unspecified atom stereocenters. The van der Waals surface area contributed by atoms with Crippen LogP contribution in [0.2, 0.25) is 0 Å². The van der Waals surface area contributed by atoms with Gasteiger partial charge in [-0.3, -0.25) is 4.98 Å². The van der Waals surface area contributed by atoms with E-state index in [-0.39, 0.29) is 6.10 Å². The summed E-state index contributed by atoms with van der Waals surface area (Å²) >= 11 is 0. The largest absolute Gasteiger partial charge is 0.487 e. The average molecular weight is 353 g/mol. The molecule has 3 aromatic heterocycles. The molecule has 0 amide bonds. The first-order valence-electron chi connectivity index (χ1n) is 9.00. The van der Waals surface area contributed by atoms with Gasteiger partial charge < -0.3 is 14.6 Å². The maximum atomic E-state index is 5.92. The smallest absolute Gasteiger partial charge is 0.162 e. The van der Waals surface area contributed by atoms with E-state index in [0.717, 1.165) is 43.2 Å². The molecule has 0 bridgehead atoms. The van der Waals surface area contributed by atoms with Crippen molar-refractivity contribution in [2.45, 2.75) is 38.5 Å². The van der Waals surface area contributed by atoms with Crippen LogP contribution in [0.25, 0.3) is 11.5 Å². The molecule has 0 aromatic carbocycles. The Morgan fingerprint density at radius 1 is 1.31 bits per heavy atom. The Morgan fingerprint density at radius 3 is 3.00 bits per heavy atom. The number of piperidine rings is 1. The second kappa shape index (κ2) is 7.65. The molecular formula is C18H23N7O. The van der Waals surface area contributed by atoms with E-state index in [1.165, 1.54) is 0 Å². The molecule has 1 atom stereocenters. The molecule has 4 rings (SSSR count). The zero-order valence-corrected chi connectivity index (χ0v) is 14.8. The summed E-state index contributed by atoms with van der Waals surface area (Å²) in [6.45, 7) is 4.75. The van der Waals surface area contributed by atoms with E-state index in [1.54, 1.807) is 18.6 Å². The molecule has 26 heavy (non-hydrogen) atoms. The zero-order chi connectivity index (χ0) is 17.8. The van der Waals surface area contributed by atoms with Crippen LogP contribution in [-0.4, -0.2) is 48.7 Å². The summed E-state index contributed by atoms with van der Waals surface area (Å²) in [7, 11) is 0. The van der Waals surface area contributed by atoms with Crippen molar-refractivity contribution in [3.8, 4) is 17.3 Å². The van der Waals surface area contributed by atoms with Crippen LogP contribution in [0.3, 0.4) is 0 Å². The van der Waals surface area contributed by atoms with E-state index in [1.807, 2.05) is 36.1 Å². The number of nitrogens with zero attached hydrogens (tertiary/aromatic N) is 6. The lowest BCUT2D eigenvalue weighted by molar-refractivity contribution is 0.199. The predicted octanol–water partition coefficient (Wildman–Crippen LogP) is 1.93. The number of ether oxygens (including phenoxy) is 1. The highest BCUT2D eigenvalue weighted by Gasteiger charge is 2.19.